The maximum Gasteiger partial charge on any atom is 0.224 e. The highest BCUT2D eigenvalue weighted by atomic mass is 19.1. The van der Waals surface area contributed by atoms with E-state index in [0.29, 0.717) is 17.8 Å². The zero-order chi connectivity index (χ0) is 14.4. The first kappa shape index (κ1) is 14.8. The number of benzene rings is 1. The molecule has 1 fully saturated rings. The van der Waals surface area contributed by atoms with E-state index in [4.69, 9.17) is 0 Å². The Morgan fingerprint density at radius 1 is 1.30 bits per heavy atom. The van der Waals surface area contributed by atoms with Gasteiger partial charge in [0.15, 0.2) is 0 Å². The standard InChI is InChI=1S/C16H23FN2O/c1-2-3-7-16(20)18-13-8-9-15(14(17)12-13)19-10-5-4-6-11-19/h8-9,12H,2-7,10-11H2,1H3,(H,18,20). The molecule has 0 spiro atoms. The second-order valence-corrected chi connectivity index (χ2v) is 5.37. The molecule has 3 nitrogen and oxygen atoms in total. The predicted molar refractivity (Wildman–Crippen MR) is 80.6 cm³/mol. The quantitative estimate of drug-likeness (QED) is 0.884. The summed E-state index contributed by atoms with van der Waals surface area (Å²) < 4.78 is 14.1. The molecule has 1 N–H and O–H groups in total. The number of hydrogen-bond donors (Lipinski definition) is 1. The van der Waals surface area contributed by atoms with Gasteiger partial charge in [-0.15, -0.1) is 0 Å². The SMILES string of the molecule is CCCCC(=O)Nc1ccc(N2CCCCC2)c(F)c1. The van der Waals surface area contributed by atoms with E-state index in [1.807, 2.05) is 6.92 Å². The zero-order valence-electron chi connectivity index (χ0n) is 12.1. The van der Waals surface area contributed by atoms with Crippen LogP contribution < -0.4 is 10.2 Å². The van der Waals surface area contributed by atoms with E-state index in [9.17, 15) is 9.18 Å². The molecule has 1 aromatic rings. The van der Waals surface area contributed by atoms with E-state index in [1.165, 1.54) is 12.5 Å². The first-order valence-corrected chi connectivity index (χ1v) is 7.55. The van der Waals surface area contributed by atoms with Gasteiger partial charge >= 0.3 is 0 Å². The van der Waals surface area contributed by atoms with Gasteiger partial charge in [0.25, 0.3) is 0 Å². The lowest BCUT2D eigenvalue weighted by molar-refractivity contribution is -0.116. The van der Waals surface area contributed by atoms with Crippen molar-refractivity contribution in [1.82, 2.24) is 0 Å². The van der Waals surface area contributed by atoms with Gasteiger partial charge < -0.3 is 10.2 Å². The Morgan fingerprint density at radius 3 is 2.70 bits per heavy atom. The van der Waals surface area contributed by atoms with Crippen molar-refractivity contribution in [3.8, 4) is 0 Å². The number of hydrogen-bond acceptors (Lipinski definition) is 2. The van der Waals surface area contributed by atoms with Crippen molar-refractivity contribution in [2.45, 2.75) is 45.4 Å². The van der Waals surface area contributed by atoms with Crippen molar-refractivity contribution >= 4 is 17.3 Å². The average Bonchev–Trinajstić information content (AvgIpc) is 2.46. The smallest absolute Gasteiger partial charge is 0.224 e. The molecule has 0 radical (unpaired) electrons. The molecule has 0 bridgehead atoms. The Morgan fingerprint density at radius 2 is 2.05 bits per heavy atom. The first-order chi connectivity index (χ1) is 9.70. The number of carbonyl (C=O) groups is 1. The molecule has 0 unspecified atom stereocenters. The number of anilines is 2. The minimum absolute atomic E-state index is 0.0445. The van der Waals surface area contributed by atoms with E-state index < -0.39 is 0 Å². The zero-order valence-corrected chi connectivity index (χ0v) is 12.1. The number of nitrogens with zero attached hydrogens (tertiary/aromatic N) is 1. The summed E-state index contributed by atoms with van der Waals surface area (Å²) in [6.07, 6.45) is 5.80. The van der Waals surface area contributed by atoms with E-state index in [0.717, 1.165) is 38.8 Å². The number of amides is 1. The normalized spacial score (nSPS) is 15.2. The van der Waals surface area contributed by atoms with Crippen LogP contribution >= 0.6 is 0 Å². The fourth-order valence-corrected chi connectivity index (χ4v) is 2.54. The lowest BCUT2D eigenvalue weighted by atomic mass is 10.1. The summed E-state index contributed by atoms with van der Waals surface area (Å²) >= 11 is 0. The van der Waals surface area contributed by atoms with Crippen LogP contribution in [-0.4, -0.2) is 19.0 Å². The van der Waals surface area contributed by atoms with Gasteiger partial charge in [0.05, 0.1) is 5.69 Å². The molecule has 1 aliphatic rings. The lowest BCUT2D eigenvalue weighted by Crippen LogP contribution is -2.30. The molecule has 1 heterocycles. The molecule has 110 valence electrons. The maximum atomic E-state index is 14.1. The largest absolute Gasteiger partial charge is 0.369 e. The third kappa shape index (κ3) is 3.95. The highest BCUT2D eigenvalue weighted by molar-refractivity contribution is 5.90. The molecule has 0 saturated carbocycles. The monoisotopic (exact) mass is 278 g/mol. The number of unbranched alkanes of at least 4 members (excludes halogenated alkanes) is 1. The lowest BCUT2D eigenvalue weighted by Gasteiger charge is -2.29. The van der Waals surface area contributed by atoms with Gasteiger partial charge in [0.2, 0.25) is 5.91 Å². The molecule has 2 rings (SSSR count). The summed E-state index contributed by atoms with van der Waals surface area (Å²) in [5.74, 6) is -0.294. The van der Waals surface area contributed by atoms with Crippen LogP contribution in [0.4, 0.5) is 15.8 Å². The van der Waals surface area contributed by atoms with Crippen molar-refractivity contribution in [2.24, 2.45) is 0 Å². The molecule has 0 aliphatic carbocycles. The van der Waals surface area contributed by atoms with Crippen molar-refractivity contribution in [3.63, 3.8) is 0 Å². The fourth-order valence-electron chi connectivity index (χ4n) is 2.54. The number of piperidine rings is 1. The molecule has 0 atom stereocenters. The molecule has 1 amide bonds. The van der Waals surface area contributed by atoms with Crippen LogP contribution in [0, 0.1) is 5.82 Å². The molecule has 1 aliphatic heterocycles. The summed E-state index contributed by atoms with van der Waals surface area (Å²) in [5.41, 5.74) is 1.20. The van der Waals surface area contributed by atoms with Crippen molar-refractivity contribution in [3.05, 3.63) is 24.0 Å². The summed E-state index contributed by atoms with van der Waals surface area (Å²) in [5, 5.41) is 2.75. The second-order valence-electron chi connectivity index (χ2n) is 5.37. The average molecular weight is 278 g/mol. The highest BCUT2D eigenvalue weighted by Gasteiger charge is 2.15. The topological polar surface area (TPSA) is 32.3 Å². The Kier molecular flexibility index (Phi) is 5.39. The van der Waals surface area contributed by atoms with E-state index in [-0.39, 0.29) is 11.7 Å². The van der Waals surface area contributed by atoms with Crippen molar-refractivity contribution < 1.29 is 9.18 Å². The third-order valence-electron chi connectivity index (χ3n) is 3.69. The Balaban J connectivity index is 1.99. The molecule has 1 aromatic carbocycles. The van der Waals surface area contributed by atoms with Crippen LogP contribution in [0.15, 0.2) is 18.2 Å². The van der Waals surface area contributed by atoms with E-state index >= 15 is 0 Å². The van der Waals surface area contributed by atoms with Gasteiger partial charge in [0, 0.05) is 25.2 Å². The summed E-state index contributed by atoms with van der Waals surface area (Å²) in [6, 6.07) is 4.99. The number of nitrogens with one attached hydrogen (secondary N) is 1. The van der Waals surface area contributed by atoms with Crippen molar-refractivity contribution in [1.29, 1.82) is 0 Å². The second kappa shape index (κ2) is 7.27. The highest BCUT2D eigenvalue weighted by Crippen LogP contribution is 2.25. The van der Waals surface area contributed by atoms with Gasteiger partial charge in [-0.1, -0.05) is 13.3 Å². The maximum absolute atomic E-state index is 14.1. The summed E-state index contributed by atoms with van der Waals surface area (Å²) in [6.45, 7) is 3.87. The Bertz CT molecular complexity index is 456. The molecular weight excluding hydrogens is 255 g/mol. The molecule has 20 heavy (non-hydrogen) atoms. The summed E-state index contributed by atoms with van der Waals surface area (Å²) in [4.78, 5) is 13.7. The van der Waals surface area contributed by atoms with Crippen LogP contribution in [0.3, 0.4) is 0 Å². The van der Waals surface area contributed by atoms with E-state index in [2.05, 4.69) is 10.2 Å². The van der Waals surface area contributed by atoms with Crippen LogP contribution in [0.2, 0.25) is 0 Å². The minimum Gasteiger partial charge on any atom is -0.369 e. The number of halogens is 1. The van der Waals surface area contributed by atoms with Gasteiger partial charge in [-0.25, -0.2) is 4.39 Å². The predicted octanol–water partition coefficient (Wildman–Crippen LogP) is 3.94. The third-order valence-corrected chi connectivity index (χ3v) is 3.69. The molecule has 1 saturated heterocycles. The number of carbonyl (C=O) groups excluding carboxylic acids is 1. The summed E-state index contributed by atoms with van der Waals surface area (Å²) in [7, 11) is 0. The van der Waals surface area contributed by atoms with Crippen LogP contribution in [0.5, 0.6) is 0 Å². The van der Waals surface area contributed by atoms with Crippen molar-refractivity contribution in [2.75, 3.05) is 23.3 Å². The first-order valence-electron chi connectivity index (χ1n) is 7.55. The van der Waals surface area contributed by atoms with E-state index in [1.54, 1.807) is 12.1 Å². The fraction of sp³-hybridized carbons (Fsp3) is 0.562. The van der Waals surface area contributed by atoms with Crippen LogP contribution in [0.25, 0.3) is 0 Å². The molecule has 4 heteroatoms. The van der Waals surface area contributed by atoms with Gasteiger partial charge in [-0.2, -0.15) is 0 Å². The molecular formula is C16H23FN2O. The molecule has 0 aromatic heterocycles. The van der Waals surface area contributed by atoms with Gasteiger partial charge in [0.1, 0.15) is 5.82 Å². The van der Waals surface area contributed by atoms with Gasteiger partial charge in [-0.3, -0.25) is 4.79 Å². The van der Waals surface area contributed by atoms with Crippen LogP contribution in [-0.2, 0) is 4.79 Å². The van der Waals surface area contributed by atoms with Crippen LogP contribution in [0.1, 0.15) is 45.4 Å². The Labute approximate surface area is 120 Å². The van der Waals surface area contributed by atoms with Gasteiger partial charge in [-0.05, 0) is 43.9 Å². The number of rotatable bonds is 5. The minimum atomic E-state index is -0.250. The Hall–Kier alpha value is -1.58.